The van der Waals surface area contributed by atoms with Gasteiger partial charge in [0.25, 0.3) is 0 Å². The van der Waals surface area contributed by atoms with Crippen LogP contribution in [-0.4, -0.2) is 24.6 Å². The van der Waals surface area contributed by atoms with Crippen LogP contribution >= 0.6 is 0 Å². The quantitative estimate of drug-likeness (QED) is 0.222. The SMILES string of the molecule is CCCCCCCCCCCCCOC(=O)CCC(=O)OC(C)C(C)(C)C. The van der Waals surface area contributed by atoms with Crippen LogP contribution in [0.4, 0.5) is 0 Å². The third-order valence-corrected chi connectivity index (χ3v) is 5.07. The van der Waals surface area contributed by atoms with E-state index in [2.05, 4.69) is 6.92 Å². The van der Waals surface area contributed by atoms with Crippen molar-refractivity contribution in [1.82, 2.24) is 0 Å². The first-order valence-electron chi connectivity index (χ1n) is 11.1. The fraction of sp³-hybridized carbons (Fsp3) is 0.913. The molecule has 0 fully saturated rings. The normalized spacial score (nSPS) is 12.6. The molecule has 0 N–H and O–H groups in total. The molecule has 0 aliphatic carbocycles. The third kappa shape index (κ3) is 16.8. The zero-order valence-corrected chi connectivity index (χ0v) is 18.6. The maximum Gasteiger partial charge on any atom is 0.306 e. The molecule has 4 nitrogen and oxygen atoms in total. The zero-order valence-electron chi connectivity index (χ0n) is 18.6. The summed E-state index contributed by atoms with van der Waals surface area (Å²) in [6.07, 6.45) is 14.0. The minimum atomic E-state index is -0.330. The van der Waals surface area contributed by atoms with Crippen molar-refractivity contribution >= 4 is 11.9 Å². The molecule has 160 valence electrons. The Hall–Kier alpha value is -1.06. The number of carbonyl (C=O) groups excluding carboxylic acids is 2. The number of carbonyl (C=O) groups is 2. The van der Waals surface area contributed by atoms with Crippen LogP contribution in [0, 0.1) is 5.41 Å². The summed E-state index contributed by atoms with van der Waals surface area (Å²) in [7, 11) is 0. The van der Waals surface area contributed by atoms with Gasteiger partial charge in [-0.15, -0.1) is 0 Å². The highest BCUT2D eigenvalue weighted by Crippen LogP contribution is 2.22. The number of hydrogen-bond acceptors (Lipinski definition) is 4. The Bertz CT molecular complexity index is 384. The number of hydrogen-bond donors (Lipinski definition) is 0. The second kappa shape index (κ2) is 15.9. The Labute approximate surface area is 167 Å². The highest BCUT2D eigenvalue weighted by Gasteiger charge is 2.23. The first kappa shape index (κ1) is 25.9. The van der Waals surface area contributed by atoms with Crippen LogP contribution < -0.4 is 0 Å². The van der Waals surface area contributed by atoms with Crippen molar-refractivity contribution in [2.45, 2.75) is 124 Å². The van der Waals surface area contributed by atoms with Crippen LogP contribution in [0.5, 0.6) is 0 Å². The van der Waals surface area contributed by atoms with Crippen molar-refractivity contribution in [3.05, 3.63) is 0 Å². The lowest BCUT2D eigenvalue weighted by molar-refractivity contribution is -0.156. The number of rotatable bonds is 16. The lowest BCUT2D eigenvalue weighted by Crippen LogP contribution is -2.28. The van der Waals surface area contributed by atoms with Gasteiger partial charge >= 0.3 is 11.9 Å². The zero-order chi connectivity index (χ0) is 20.5. The fourth-order valence-electron chi connectivity index (χ4n) is 2.66. The molecule has 0 saturated carbocycles. The van der Waals surface area contributed by atoms with Gasteiger partial charge in [-0.05, 0) is 18.8 Å². The maximum absolute atomic E-state index is 11.7. The average Bonchev–Trinajstić information content (AvgIpc) is 2.60. The predicted molar refractivity (Wildman–Crippen MR) is 112 cm³/mol. The van der Waals surface area contributed by atoms with Crippen LogP contribution in [0.25, 0.3) is 0 Å². The number of ether oxygens (including phenoxy) is 2. The first-order chi connectivity index (χ1) is 12.8. The van der Waals surface area contributed by atoms with Gasteiger partial charge < -0.3 is 9.47 Å². The summed E-state index contributed by atoms with van der Waals surface area (Å²) >= 11 is 0. The molecule has 1 atom stereocenters. The van der Waals surface area contributed by atoms with E-state index < -0.39 is 0 Å². The Morgan fingerprint density at radius 3 is 1.67 bits per heavy atom. The van der Waals surface area contributed by atoms with Gasteiger partial charge in [0.2, 0.25) is 0 Å². The van der Waals surface area contributed by atoms with Crippen molar-refractivity contribution in [2.24, 2.45) is 5.41 Å². The second-order valence-electron chi connectivity index (χ2n) is 8.75. The monoisotopic (exact) mass is 384 g/mol. The molecule has 0 aromatic rings. The fourth-order valence-corrected chi connectivity index (χ4v) is 2.66. The maximum atomic E-state index is 11.7. The van der Waals surface area contributed by atoms with E-state index in [9.17, 15) is 9.59 Å². The molecule has 0 bridgehead atoms. The Kier molecular flexibility index (Phi) is 15.3. The van der Waals surface area contributed by atoms with Crippen LogP contribution in [-0.2, 0) is 19.1 Å². The van der Waals surface area contributed by atoms with E-state index in [1.807, 2.05) is 27.7 Å². The molecule has 0 heterocycles. The average molecular weight is 385 g/mol. The van der Waals surface area contributed by atoms with E-state index in [0.717, 1.165) is 12.8 Å². The van der Waals surface area contributed by atoms with Crippen molar-refractivity contribution in [2.75, 3.05) is 6.61 Å². The van der Waals surface area contributed by atoms with E-state index in [-0.39, 0.29) is 36.3 Å². The van der Waals surface area contributed by atoms with Crippen molar-refractivity contribution in [1.29, 1.82) is 0 Å². The van der Waals surface area contributed by atoms with E-state index in [1.54, 1.807) is 0 Å². The lowest BCUT2D eigenvalue weighted by atomic mass is 9.90. The minimum Gasteiger partial charge on any atom is -0.466 e. The lowest BCUT2D eigenvalue weighted by Gasteiger charge is -2.26. The summed E-state index contributed by atoms with van der Waals surface area (Å²) in [5, 5.41) is 0. The molecule has 0 spiro atoms. The molecule has 0 rings (SSSR count). The van der Waals surface area contributed by atoms with Crippen LogP contribution in [0.3, 0.4) is 0 Å². The topological polar surface area (TPSA) is 52.6 Å². The summed E-state index contributed by atoms with van der Waals surface area (Å²) in [6, 6.07) is 0. The summed E-state index contributed by atoms with van der Waals surface area (Å²) < 4.78 is 10.5. The van der Waals surface area contributed by atoms with Gasteiger partial charge in [-0.2, -0.15) is 0 Å². The molecule has 1 unspecified atom stereocenters. The van der Waals surface area contributed by atoms with E-state index in [4.69, 9.17) is 9.47 Å². The largest absolute Gasteiger partial charge is 0.466 e. The predicted octanol–water partition coefficient (Wildman–Crippen LogP) is 6.60. The summed E-state index contributed by atoms with van der Waals surface area (Å²) in [5.41, 5.74) is -0.0920. The molecular formula is C23H44O4. The molecule has 27 heavy (non-hydrogen) atoms. The second-order valence-corrected chi connectivity index (χ2v) is 8.75. The molecule has 0 saturated heterocycles. The van der Waals surface area contributed by atoms with E-state index >= 15 is 0 Å². The summed E-state index contributed by atoms with van der Waals surface area (Å²) in [5.74, 6) is -0.633. The number of esters is 2. The molecule has 0 aliphatic heterocycles. The van der Waals surface area contributed by atoms with Crippen molar-refractivity contribution < 1.29 is 19.1 Å². The van der Waals surface area contributed by atoms with Gasteiger partial charge in [0.05, 0.1) is 19.4 Å². The van der Waals surface area contributed by atoms with Gasteiger partial charge in [0.15, 0.2) is 0 Å². The molecule has 4 heteroatoms. The van der Waals surface area contributed by atoms with Gasteiger partial charge in [-0.3, -0.25) is 9.59 Å². The highest BCUT2D eigenvalue weighted by molar-refractivity contribution is 5.77. The Morgan fingerprint density at radius 2 is 1.19 bits per heavy atom. The van der Waals surface area contributed by atoms with Crippen LogP contribution in [0.15, 0.2) is 0 Å². The smallest absolute Gasteiger partial charge is 0.306 e. The van der Waals surface area contributed by atoms with E-state index in [0.29, 0.717) is 6.61 Å². The molecule has 0 aromatic heterocycles. The molecule has 0 aliphatic rings. The van der Waals surface area contributed by atoms with Crippen molar-refractivity contribution in [3.63, 3.8) is 0 Å². The first-order valence-corrected chi connectivity index (χ1v) is 11.1. The summed E-state index contributed by atoms with van der Waals surface area (Å²) in [6.45, 7) is 10.7. The van der Waals surface area contributed by atoms with Crippen LogP contribution in [0.1, 0.15) is 118 Å². The highest BCUT2D eigenvalue weighted by atomic mass is 16.5. The Morgan fingerprint density at radius 1 is 0.741 bits per heavy atom. The molecule has 0 amide bonds. The van der Waals surface area contributed by atoms with Gasteiger partial charge in [0.1, 0.15) is 6.10 Å². The van der Waals surface area contributed by atoms with Gasteiger partial charge in [-0.1, -0.05) is 91.9 Å². The molecule has 0 radical (unpaired) electrons. The summed E-state index contributed by atoms with van der Waals surface area (Å²) in [4.78, 5) is 23.4. The van der Waals surface area contributed by atoms with Crippen LogP contribution in [0.2, 0.25) is 0 Å². The third-order valence-electron chi connectivity index (χ3n) is 5.07. The standard InChI is InChI=1S/C23H44O4/c1-6-7-8-9-10-11-12-13-14-15-16-19-26-21(24)17-18-22(25)27-20(2)23(3,4)5/h20H,6-19H2,1-5H3. The van der Waals surface area contributed by atoms with Crippen molar-refractivity contribution in [3.8, 4) is 0 Å². The minimum absolute atomic E-state index is 0.0920. The number of unbranched alkanes of at least 4 members (excludes halogenated alkanes) is 10. The van der Waals surface area contributed by atoms with E-state index in [1.165, 1.54) is 57.8 Å². The van der Waals surface area contributed by atoms with Gasteiger partial charge in [-0.25, -0.2) is 0 Å². The van der Waals surface area contributed by atoms with Gasteiger partial charge in [0, 0.05) is 0 Å². The molecule has 0 aromatic carbocycles. The molecular weight excluding hydrogens is 340 g/mol. The Balaban J connectivity index is 3.45.